The molecule has 0 fully saturated rings. The van der Waals surface area contributed by atoms with E-state index >= 15 is 0 Å². The van der Waals surface area contributed by atoms with Crippen molar-refractivity contribution in [3.8, 4) is 0 Å². The summed E-state index contributed by atoms with van der Waals surface area (Å²) in [7, 11) is 0. The van der Waals surface area contributed by atoms with E-state index in [1.165, 1.54) is 0 Å². The Hall–Kier alpha value is -1.54. The minimum atomic E-state index is -0.589. The number of aromatic nitrogens is 4. The Labute approximate surface area is 176 Å². The number of fused-ring (bicyclic) bond motifs is 1. The quantitative estimate of drug-likeness (QED) is 0.323. The van der Waals surface area contributed by atoms with Crippen molar-refractivity contribution in [2.24, 2.45) is 11.3 Å². The van der Waals surface area contributed by atoms with Crippen molar-refractivity contribution in [3.05, 3.63) is 6.20 Å². The van der Waals surface area contributed by atoms with Crippen molar-refractivity contribution < 1.29 is 4.79 Å². The molecule has 2 aromatic heterocycles. The van der Waals surface area contributed by atoms with Crippen LogP contribution in [-0.2, 0) is 11.3 Å². The molecule has 0 aliphatic rings. The fourth-order valence-electron chi connectivity index (χ4n) is 2.37. The van der Waals surface area contributed by atoms with E-state index in [-0.39, 0.29) is 11.8 Å². The van der Waals surface area contributed by atoms with Crippen molar-refractivity contribution in [1.29, 1.82) is 0 Å². The summed E-state index contributed by atoms with van der Waals surface area (Å²) in [5.41, 5.74) is 0.194. The van der Waals surface area contributed by atoms with Crippen LogP contribution in [0, 0.1) is 11.3 Å². The molecule has 0 saturated carbocycles. The van der Waals surface area contributed by atoms with Crippen molar-refractivity contribution in [2.45, 2.75) is 52.7 Å². The zero-order valence-electron chi connectivity index (χ0n) is 17.4. The summed E-state index contributed by atoms with van der Waals surface area (Å²) in [5, 5.41) is 12.5. The third-order valence-electron chi connectivity index (χ3n) is 4.15. The molecule has 28 heavy (non-hydrogen) atoms. The van der Waals surface area contributed by atoms with Crippen LogP contribution in [0.25, 0.3) is 11.0 Å². The summed E-state index contributed by atoms with van der Waals surface area (Å²) in [6, 6.07) is 0. The van der Waals surface area contributed by atoms with Gasteiger partial charge in [0.05, 0.1) is 23.5 Å². The van der Waals surface area contributed by atoms with Crippen LogP contribution in [0.5, 0.6) is 0 Å². The highest BCUT2D eigenvalue weighted by atomic mass is 35.5. The topological polar surface area (TPSA) is 84.7 Å². The van der Waals surface area contributed by atoms with Crippen LogP contribution in [0.2, 0.25) is 0 Å². The number of carbonyl (C=O) groups excluding carboxylic acids is 1. The van der Waals surface area contributed by atoms with Gasteiger partial charge in [0.25, 0.3) is 0 Å². The van der Waals surface area contributed by atoms with E-state index < -0.39 is 5.41 Å². The normalized spacial score (nSPS) is 12.0. The molecule has 0 atom stereocenters. The van der Waals surface area contributed by atoms with Gasteiger partial charge in [-0.2, -0.15) is 5.10 Å². The van der Waals surface area contributed by atoms with Crippen molar-refractivity contribution >= 4 is 46.1 Å². The summed E-state index contributed by atoms with van der Waals surface area (Å²) >= 11 is 7.51. The second-order valence-corrected chi connectivity index (χ2v) is 9.19. The van der Waals surface area contributed by atoms with Crippen LogP contribution in [0.1, 0.15) is 41.0 Å². The van der Waals surface area contributed by atoms with Crippen LogP contribution >= 0.6 is 23.4 Å². The Morgan fingerprint density at radius 3 is 2.75 bits per heavy atom. The number of nitrogens with zero attached hydrogens (tertiary/aromatic N) is 4. The highest BCUT2D eigenvalue weighted by Gasteiger charge is 2.26. The number of nitrogens with one attached hydrogen (secondary N) is 2. The lowest BCUT2D eigenvalue weighted by molar-refractivity contribution is -0.128. The van der Waals surface area contributed by atoms with E-state index in [2.05, 4.69) is 41.5 Å². The molecule has 156 valence electrons. The average Bonchev–Trinajstić information content (AvgIpc) is 3.07. The summed E-state index contributed by atoms with van der Waals surface area (Å²) in [6.07, 6.45) is 2.85. The second kappa shape index (κ2) is 10.3. The van der Waals surface area contributed by atoms with E-state index in [4.69, 9.17) is 16.6 Å². The first-order valence-electron chi connectivity index (χ1n) is 9.73. The number of halogens is 1. The maximum absolute atomic E-state index is 12.2. The molecule has 0 radical (unpaired) electrons. The third kappa shape index (κ3) is 5.98. The SMILES string of the molecule is CCCSc1nc(NCC(C)C)c2cnn(CCNC(=O)C(C)(C)CCl)c2n1. The third-order valence-corrected chi connectivity index (χ3v) is 5.87. The van der Waals surface area contributed by atoms with Gasteiger partial charge in [0.1, 0.15) is 5.82 Å². The smallest absolute Gasteiger partial charge is 0.226 e. The van der Waals surface area contributed by atoms with Gasteiger partial charge in [-0.15, -0.1) is 11.6 Å². The van der Waals surface area contributed by atoms with Crippen molar-refractivity contribution in [3.63, 3.8) is 0 Å². The molecule has 7 nitrogen and oxygen atoms in total. The summed E-state index contributed by atoms with van der Waals surface area (Å²) in [4.78, 5) is 21.6. The Bertz CT molecular complexity index is 792. The van der Waals surface area contributed by atoms with Gasteiger partial charge < -0.3 is 10.6 Å². The number of rotatable bonds is 11. The molecule has 9 heteroatoms. The van der Waals surface area contributed by atoms with Gasteiger partial charge >= 0.3 is 0 Å². The van der Waals surface area contributed by atoms with Gasteiger partial charge in [-0.25, -0.2) is 14.6 Å². The average molecular weight is 427 g/mol. The Morgan fingerprint density at radius 1 is 1.36 bits per heavy atom. The van der Waals surface area contributed by atoms with Crippen LogP contribution in [0.15, 0.2) is 11.4 Å². The molecule has 2 N–H and O–H groups in total. The molecule has 0 aliphatic heterocycles. The van der Waals surface area contributed by atoms with Crippen LogP contribution in [0.4, 0.5) is 5.82 Å². The predicted molar refractivity (Wildman–Crippen MR) is 117 cm³/mol. The standard InChI is InChI=1S/C19H31ClN6OS/c1-6-9-28-18-24-15(22-10-13(2)3)14-11-23-26(16(14)25-18)8-7-21-17(27)19(4,5)12-20/h11,13H,6-10,12H2,1-5H3,(H,21,27)(H,22,24,25). The lowest BCUT2D eigenvalue weighted by Crippen LogP contribution is -2.39. The fourth-order valence-corrected chi connectivity index (χ4v) is 3.18. The second-order valence-electron chi connectivity index (χ2n) is 7.86. The number of carbonyl (C=O) groups is 1. The Balaban J connectivity index is 2.19. The zero-order valence-corrected chi connectivity index (χ0v) is 19.0. The predicted octanol–water partition coefficient (Wildman–Crippen LogP) is 3.78. The number of anilines is 1. The van der Waals surface area contributed by atoms with E-state index in [9.17, 15) is 4.79 Å². The maximum Gasteiger partial charge on any atom is 0.226 e. The summed E-state index contributed by atoms with van der Waals surface area (Å²) in [6.45, 7) is 11.9. The molecule has 0 bridgehead atoms. The summed E-state index contributed by atoms with van der Waals surface area (Å²) in [5.74, 6) is 2.50. The zero-order chi connectivity index (χ0) is 20.7. The first-order chi connectivity index (χ1) is 13.3. The number of amides is 1. The van der Waals surface area contributed by atoms with Crippen LogP contribution in [0.3, 0.4) is 0 Å². The molecule has 0 spiro atoms. The molecular formula is C19H31ClN6OS. The minimum Gasteiger partial charge on any atom is -0.369 e. The van der Waals surface area contributed by atoms with E-state index in [1.54, 1.807) is 18.0 Å². The minimum absolute atomic E-state index is 0.0629. The molecule has 0 aromatic carbocycles. The molecule has 0 unspecified atom stereocenters. The van der Waals surface area contributed by atoms with Gasteiger partial charge in [-0.3, -0.25) is 4.79 Å². The molecule has 2 heterocycles. The van der Waals surface area contributed by atoms with Gasteiger partial charge in [-0.1, -0.05) is 32.5 Å². The first-order valence-corrected chi connectivity index (χ1v) is 11.2. The lowest BCUT2D eigenvalue weighted by Gasteiger charge is -2.20. The first kappa shape index (κ1) is 22.7. The van der Waals surface area contributed by atoms with Crippen molar-refractivity contribution in [2.75, 3.05) is 30.0 Å². The van der Waals surface area contributed by atoms with Crippen LogP contribution < -0.4 is 10.6 Å². The molecule has 2 aromatic rings. The van der Waals surface area contributed by atoms with E-state index in [0.717, 1.165) is 40.7 Å². The van der Waals surface area contributed by atoms with E-state index in [0.29, 0.717) is 19.0 Å². The molecular weight excluding hydrogens is 396 g/mol. The maximum atomic E-state index is 12.2. The van der Waals surface area contributed by atoms with Gasteiger partial charge in [-0.05, 0) is 26.2 Å². The van der Waals surface area contributed by atoms with Gasteiger partial charge in [0.2, 0.25) is 5.91 Å². The number of alkyl halides is 1. The molecule has 2 rings (SSSR count). The molecule has 1 amide bonds. The molecule has 0 aliphatic carbocycles. The number of hydrogen-bond donors (Lipinski definition) is 2. The van der Waals surface area contributed by atoms with Crippen molar-refractivity contribution in [1.82, 2.24) is 25.1 Å². The highest BCUT2D eigenvalue weighted by Crippen LogP contribution is 2.25. The van der Waals surface area contributed by atoms with Gasteiger partial charge in [0.15, 0.2) is 10.8 Å². The lowest BCUT2D eigenvalue weighted by atomic mass is 9.95. The fraction of sp³-hybridized carbons (Fsp3) is 0.684. The molecule has 0 saturated heterocycles. The summed E-state index contributed by atoms with van der Waals surface area (Å²) < 4.78 is 1.82. The number of thioether (sulfide) groups is 1. The van der Waals surface area contributed by atoms with Gasteiger partial charge in [0, 0.05) is 24.7 Å². The van der Waals surface area contributed by atoms with E-state index in [1.807, 2.05) is 18.5 Å². The number of hydrogen-bond acceptors (Lipinski definition) is 6. The Kier molecular flexibility index (Phi) is 8.37. The largest absolute Gasteiger partial charge is 0.369 e. The monoisotopic (exact) mass is 426 g/mol. The highest BCUT2D eigenvalue weighted by molar-refractivity contribution is 7.99. The Morgan fingerprint density at radius 2 is 2.11 bits per heavy atom. The van der Waals surface area contributed by atoms with Crippen LogP contribution in [-0.4, -0.2) is 50.4 Å².